The lowest BCUT2D eigenvalue weighted by molar-refractivity contribution is 0.0526. The molecular formula is C15H20N4O3. The highest BCUT2D eigenvalue weighted by atomic mass is 16.6. The summed E-state index contributed by atoms with van der Waals surface area (Å²) in [4.78, 5) is 31.3. The van der Waals surface area contributed by atoms with E-state index < -0.39 is 11.7 Å². The Morgan fingerprint density at radius 1 is 1.45 bits per heavy atom. The molecule has 0 spiro atoms. The highest BCUT2D eigenvalue weighted by Crippen LogP contribution is 2.16. The van der Waals surface area contributed by atoms with E-state index in [2.05, 4.69) is 15.3 Å². The Balaban J connectivity index is 2.09. The number of carbonyl (C=O) groups excluding carboxylic acids is 2. The third-order valence-electron chi connectivity index (χ3n) is 2.91. The average Bonchev–Trinajstić information content (AvgIpc) is 2.74. The standard InChI is InChI=1S/C15H20N4O3/c1-10-17-8-11-7-12(9-20)19(13(11)18-10)6-5-16-14(21)22-15(2,3)4/h7-9H,5-6H2,1-4H3,(H,16,21). The van der Waals surface area contributed by atoms with Crippen LogP contribution in [-0.4, -0.2) is 39.1 Å². The molecule has 0 atom stereocenters. The molecule has 0 saturated heterocycles. The summed E-state index contributed by atoms with van der Waals surface area (Å²) < 4.78 is 6.92. The Bertz CT molecular complexity index is 701. The van der Waals surface area contributed by atoms with Crippen LogP contribution in [-0.2, 0) is 11.3 Å². The minimum atomic E-state index is -0.539. The van der Waals surface area contributed by atoms with Gasteiger partial charge < -0.3 is 14.6 Å². The molecule has 0 radical (unpaired) electrons. The highest BCUT2D eigenvalue weighted by molar-refractivity contribution is 5.86. The zero-order valence-corrected chi connectivity index (χ0v) is 13.2. The van der Waals surface area contributed by atoms with E-state index in [4.69, 9.17) is 4.74 Å². The van der Waals surface area contributed by atoms with Crippen molar-refractivity contribution in [2.45, 2.75) is 39.8 Å². The van der Waals surface area contributed by atoms with Crippen molar-refractivity contribution in [1.82, 2.24) is 19.9 Å². The topological polar surface area (TPSA) is 86.1 Å². The first kappa shape index (κ1) is 15.9. The van der Waals surface area contributed by atoms with Gasteiger partial charge in [0.1, 0.15) is 17.1 Å². The van der Waals surface area contributed by atoms with Crippen molar-refractivity contribution in [3.05, 3.63) is 23.8 Å². The second-order valence-corrected chi connectivity index (χ2v) is 5.96. The van der Waals surface area contributed by atoms with Crippen molar-refractivity contribution in [2.75, 3.05) is 6.54 Å². The van der Waals surface area contributed by atoms with Gasteiger partial charge in [-0.05, 0) is 33.8 Å². The Labute approximate surface area is 128 Å². The molecule has 0 aliphatic carbocycles. The number of alkyl carbamates (subject to hydrolysis) is 1. The number of carbonyl (C=O) groups is 2. The summed E-state index contributed by atoms with van der Waals surface area (Å²) in [6.07, 6.45) is 1.97. The zero-order valence-electron chi connectivity index (χ0n) is 13.2. The molecule has 22 heavy (non-hydrogen) atoms. The van der Waals surface area contributed by atoms with Crippen LogP contribution >= 0.6 is 0 Å². The molecule has 0 bridgehead atoms. The molecule has 2 aromatic heterocycles. The molecule has 0 aliphatic rings. The van der Waals surface area contributed by atoms with Crippen LogP contribution in [0.4, 0.5) is 4.79 Å². The molecule has 2 aromatic rings. The quantitative estimate of drug-likeness (QED) is 0.874. The molecule has 7 heteroatoms. The van der Waals surface area contributed by atoms with E-state index in [1.165, 1.54) is 0 Å². The predicted molar refractivity (Wildman–Crippen MR) is 81.9 cm³/mol. The number of aromatic nitrogens is 3. The molecular weight excluding hydrogens is 284 g/mol. The lowest BCUT2D eigenvalue weighted by Crippen LogP contribution is -2.34. The van der Waals surface area contributed by atoms with Gasteiger partial charge in [0.15, 0.2) is 6.29 Å². The van der Waals surface area contributed by atoms with Crippen LogP contribution in [0.1, 0.15) is 37.1 Å². The number of amides is 1. The number of hydrogen-bond acceptors (Lipinski definition) is 5. The summed E-state index contributed by atoms with van der Waals surface area (Å²) in [5, 5.41) is 3.46. The number of nitrogens with zero attached hydrogens (tertiary/aromatic N) is 3. The summed E-state index contributed by atoms with van der Waals surface area (Å²) in [5.74, 6) is 0.629. The van der Waals surface area contributed by atoms with Crippen LogP contribution in [0, 0.1) is 6.92 Å². The van der Waals surface area contributed by atoms with Gasteiger partial charge in [-0.3, -0.25) is 4.79 Å². The number of rotatable bonds is 4. The predicted octanol–water partition coefficient (Wildman–Crippen LogP) is 2.08. The normalized spacial score (nSPS) is 11.5. The molecule has 2 heterocycles. The molecule has 0 unspecified atom stereocenters. The van der Waals surface area contributed by atoms with Gasteiger partial charge in [-0.1, -0.05) is 0 Å². The Morgan fingerprint density at radius 3 is 2.82 bits per heavy atom. The van der Waals surface area contributed by atoms with E-state index in [0.717, 1.165) is 11.7 Å². The molecule has 0 fully saturated rings. The van der Waals surface area contributed by atoms with Gasteiger partial charge >= 0.3 is 6.09 Å². The molecule has 0 aromatic carbocycles. The van der Waals surface area contributed by atoms with E-state index in [9.17, 15) is 9.59 Å². The van der Waals surface area contributed by atoms with Gasteiger partial charge in [-0.2, -0.15) is 0 Å². The van der Waals surface area contributed by atoms with Crippen LogP contribution in [0.2, 0.25) is 0 Å². The summed E-state index contributed by atoms with van der Waals surface area (Å²) >= 11 is 0. The van der Waals surface area contributed by atoms with Crippen molar-refractivity contribution in [3.8, 4) is 0 Å². The Kier molecular flexibility index (Phi) is 4.44. The van der Waals surface area contributed by atoms with E-state index in [0.29, 0.717) is 30.3 Å². The van der Waals surface area contributed by atoms with E-state index >= 15 is 0 Å². The van der Waals surface area contributed by atoms with Crippen molar-refractivity contribution >= 4 is 23.4 Å². The Hall–Kier alpha value is -2.44. The fraction of sp³-hybridized carbons (Fsp3) is 0.467. The molecule has 7 nitrogen and oxygen atoms in total. The number of aldehydes is 1. The van der Waals surface area contributed by atoms with E-state index in [-0.39, 0.29) is 0 Å². The second kappa shape index (κ2) is 6.13. The molecule has 0 aliphatic heterocycles. The monoisotopic (exact) mass is 304 g/mol. The van der Waals surface area contributed by atoms with Crippen LogP contribution in [0.3, 0.4) is 0 Å². The molecule has 1 amide bonds. The summed E-state index contributed by atoms with van der Waals surface area (Å²) in [6, 6.07) is 1.73. The van der Waals surface area contributed by atoms with Gasteiger partial charge in [-0.15, -0.1) is 0 Å². The van der Waals surface area contributed by atoms with E-state index in [1.807, 2.05) is 0 Å². The first-order valence-electron chi connectivity index (χ1n) is 7.05. The summed E-state index contributed by atoms with van der Waals surface area (Å²) in [7, 11) is 0. The number of fused-ring (bicyclic) bond motifs is 1. The first-order valence-corrected chi connectivity index (χ1v) is 7.05. The average molecular weight is 304 g/mol. The SMILES string of the molecule is Cc1ncc2cc(C=O)n(CCNC(=O)OC(C)(C)C)c2n1. The van der Waals surface area contributed by atoms with Crippen molar-refractivity contribution in [2.24, 2.45) is 0 Å². The number of nitrogens with one attached hydrogen (secondary N) is 1. The molecule has 118 valence electrons. The fourth-order valence-corrected chi connectivity index (χ4v) is 2.06. The third kappa shape index (κ3) is 3.81. The minimum absolute atomic E-state index is 0.336. The number of hydrogen-bond donors (Lipinski definition) is 1. The Morgan fingerprint density at radius 2 is 2.18 bits per heavy atom. The smallest absolute Gasteiger partial charge is 0.407 e. The summed E-state index contributed by atoms with van der Waals surface area (Å²) in [6.45, 7) is 7.95. The lowest BCUT2D eigenvalue weighted by Gasteiger charge is -2.19. The maximum atomic E-state index is 11.6. The lowest BCUT2D eigenvalue weighted by atomic mass is 10.2. The fourth-order valence-electron chi connectivity index (χ4n) is 2.06. The van der Waals surface area contributed by atoms with Gasteiger partial charge in [0.2, 0.25) is 0 Å². The molecule has 0 saturated carbocycles. The first-order chi connectivity index (χ1) is 10.3. The van der Waals surface area contributed by atoms with Crippen molar-refractivity contribution in [1.29, 1.82) is 0 Å². The number of ether oxygens (including phenoxy) is 1. The van der Waals surface area contributed by atoms with Crippen LogP contribution < -0.4 is 5.32 Å². The van der Waals surface area contributed by atoms with Crippen LogP contribution in [0.5, 0.6) is 0 Å². The van der Waals surface area contributed by atoms with Crippen LogP contribution in [0.15, 0.2) is 12.3 Å². The molecule has 1 N–H and O–H groups in total. The van der Waals surface area contributed by atoms with Gasteiger partial charge in [0, 0.05) is 24.7 Å². The zero-order chi connectivity index (χ0) is 16.3. The maximum absolute atomic E-state index is 11.6. The van der Waals surface area contributed by atoms with Gasteiger partial charge in [0.25, 0.3) is 0 Å². The largest absolute Gasteiger partial charge is 0.444 e. The highest BCUT2D eigenvalue weighted by Gasteiger charge is 2.16. The van der Waals surface area contributed by atoms with Crippen molar-refractivity contribution in [3.63, 3.8) is 0 Å². The number of aryl methyl sites for hydroxylation is 1. The van der Waals surface area contributed by atoms with Gasteiger partial charge in [-0.25, -0.2) is 14.8 Å². The second-order valence-electron chi connectivity index (χ2n) is 5.96. The third-order valence-corrected chi connectivity index (χ3v) is 2.91. The molecule has 2 rings (SSSR count). The maximum Gasteiger partial charge on any atom is 0.407 e. The van der Waals surface area contributed by atoms with E-state index in [1.54, 1.807) is 44.5 Å². The van der Waals surface area contributed by atoms with Crippen molar-refractivity contribution < 1.29 is 14.3 Å². The minimum Gasteiger partial charge on any atom is -0.444 e. The van der Waals surface area contributed by atoms with Crippen LogP contribution in [0.25, 0.3) is 11.0 Å². The van der Waals surface area contributed by atoms with Gasteiger partial charge in [0.05, 0.1) is 5.69 Å². The summed E-state index contributed by atoms with van der Waals surface area (Å²) in [5.41, 5.74) is 0.643.